The molecule has 8 heteroatoms. The van der Waals surface area contributed by atoms with E-state index in [0.717, 1.165) is 30.5 Å². The van der Waals surface area contributed by atoms with Gasteiger partial charge in [0, 0.05) is 12.4 Å². The van der Waals surface area contributed by atoms with E-state index in [2.05, 4.69) is 15.3 Å². The van der Waals surface area contributed by atoms with Gasteiger partial charge in [-0.3, -0.25) is 0 Å². The molecule has 1 aliphatic rings. The van der Waals surface area contributed by atoms with Crippen LogP contribution in [0, 0.1) is 0 Å². The lowest BCUT2D eigenvalue weighted by atomic mass is 10.0. The molecule has 1 aromatic carbocycles. The Hall–Kier alpha value is -2.64. The highest BCUT2D eigenvalue weighted by molar-refractivity contribution is 5.86. The third-order valence-electron chi connectivity index (χ3n) is 3.76. The van der Waals surface area contributed by atoms with Crippen molar-refractivity contribution in [3.8, 4) is 0 Å². The number of carboxylic acid groups (broad SMARTS) is 1. The Labute approximate surface area is 129 Å². The summed E-state index contributed by atoms with van der Waals surface area (Å²) in [5.41, 5.74) is -0.500. The third-order valence-corrected chi connectivity index (χ3v) is 3.76. The van der Waals surface area contributed by atoms with E-state index in [1.54, 1.807) is 0 Å². The molecule has 0 spiro atoms. The van der Waals surface area contributed by atoms with Gasteiger partial charge in [-0.2, -0.15) is 13.2 Å². The molecule has 120 valence electrons. The lowest BCUT2D eigenvalue weighted by Crippen LogP contribution is -2.21. The molecular weight excluding hydrogens is 311 g/mol. The Bertz CT molecular complexity index is 723. The van der Waals surface area contributed by atoms with Crippen molar-refractivity contribution >= 4 is 11.9 Å². The van der Waals surface area contributed by atoms with Gasteiger partial charge in [-0.05, 0) is 30.5 Å². The van der Waals surface area contributed by atoms with Crippen LogP contribution in [0.4, 0.5) is 19.1 Å². The van der Waals surface area contributed by atoms with Crippen LogP contribution in [0.2, 0.25) is 0 Å². The molecule has 5 nitrogen and oxygen atoms in total. The zero-order chi connectivity index (χ0) is 16.7. The first-order chi connectivity index (χ1) is 10.8. The van der Waals surface area contributed by atoms with Gasteiger partial charge in [0.15, 0.2) is 0 Å². The lowest BCUT2D eigenvalue weighted by molar-refractivity contribution is -0.137. The Morgan fingerprint density at radius 2 is 1.70 bits per heavy atom. The Kier molecular flexibility index (Phi) is 3.46. The summed E-state index contributed by atoms with van der Waals surface area (Å²) in [4.78, 5) is 18.6. The van der Waals surface area contributed by atoms with E-state index < -0.39 is 23.2 Å². The predicted octanol–water partition coefficient (Wildman–Crippen LogP) is 3.29. The maximum Gasteiger partial charge on any atom is 0.416 e. The van der Waals surface area contributed by atoms with Crippen LogP contribution in [0.3, 0.4) is 0 Å². The van der Waals surface area contributed by atoms with Crippen molar-refractivity contribution < 1.29 is 23.1 Å². The Balaban J connectivity index is 1.78. The number of rotatable bonds is 4. The molecule has 1 aromatic heterocycles. The number of alkyl halides is 3. The zero-order valence-electron chi connectivity index (χ0n) is 11.8. The van der Waals surface area contributed by atoms with Gasteiger partial charge in [-0.15, -0.1) is 0 Å². The number of hydrogen-bond acceptors (Lipinski definition) is 4. The minimum absolute atomic E-state index is 0.0325. The molecule has 3 rings (SSSR count). The summed E-state index contributed by atoms with van der Waals surface area (Å²) in [5.74, 6) is -0.882. The van der Waals surface area contributed by atoms with Gasteiger partial charge in [0.05, 0.1) is 16.7 Å². The fourth-order valence-corrected chi connectivity index (χ4v) is 2.31. The molecule has 1 heterocycles. The summed E-state index contributed by atoms with van der Waals surface area (Å²) in [6, 6.07) is 4.97. The highest BCUT2D eigenvalue weighted by Gasteiger charge is 2.45. The van der Waals surface area contributed by atoms with Gasteiger partial charge < -0.3 is 10.4 Å². The molecule has 0 atom stereocenters. The molecule has 23 heavy (non-hydrogen) atoms. The summed E-state index contributed by atoms with van der Waals surface area (Å²) in [6.45, 7) is 0. The topological polar surface area (TPSA) is 75.1 Å². The van der Waals surface area contributed by atoms with Gasteiger partial charge in [-0.1, -0.05) is 12.1 Å². The van der Waals surface area contributed by atoms with Crippen molar-refractivity contribution in [2.24, 2.45) is 0 Å². The average Bonchev–Trinajstić information content (AvgIpc) is 3.28. The van der Waals surface area contributed by atoms with Crippen molar-refractivity contribution in [3.63, 3.8) is 0 Å². The summed E-state index contributed by atoms with van der Waals surface area (Å²) in [7, 11) is 0. The summed E-state index contributed by atoms with van der Waals surface area (Å²) >= 11 is 0. The number of hydrogen-bond donors (Lipinski definition) is 2. The van der Waals surface area contributed by atoms with Crippen molar-refractivity contribution in [3.05, 3.63) is 53.3 Å². The van der Waals surface area contributed by atoms with Crippen LogP contribution in [0.15, 0.2) is 36.7 Å². The molecule has 0 bridgehead atoms. The van der Waals surface area contributed by atoms with Crippen LogP contribution < -0.4 is 5.32 Å². The molecule has 1 fully saturated rings. The second-order valence-corrected chi connectivity index (χ2v) is 5.38. The van der Waals surface area contributed by atoms with E-state index in [1.165, 1.54) is 24.5 Å². The first-order valence-corrected chi connectivity index (χ1v) is 6.81. The van der Waals surface area contributed by atoms with Crippen LogP contribution in [-0.2, 0) is 11.7 Å². The predicted molar refractivity (Wildman–Crippen MR) is 75.0 cm³/mol. The lowest BCUT2D eigenvalue weighted by Gasteiger charge is -2.18. The molecule has 0 amide bonds. The molecule has 2 N–H and O–H groups in total. The molecular formula is C15H12F3N3O2. The smallest absolute Gasteiger partial charge is 0.416 e. The highest BCUT2D eigenvalue weighted by Crippen LogP contribution is 2.48. The Morgan fingerprint density at radius 3 is 2.13 bits per heavy atom. The largest absolute Gasteiger partial charge is 0.478 e. The van der Waals surface area contributed by atoms with E-state index >= 15 is 0 Å². The number of aromatic carboxylic acids is 1. The first-order valence-electron chi connectivity index (χ1n) is 6.81. The maximum atomic E-state index is 12.6. The number of anilines is 1. The maximum absolute atomic E-state index is 12.6. The van der Waals surface area contributed by atoms with Crippen molar-refractivity contribution in [1.29, 1.82) is 0 Å². The van der Waals surface area contributed by atoms with E-state index in [9.17, 15) is 18.0 Å². The molecule has 1 aliphatic carbocycles. The van der Waals surface area contributed by atoms with Crippen molar-refractivity contribution in [2.75, 3.05) is 5.32 Å². The molecule has 1 saturated carbocycles. The van der Waals surface area contributed by atoms with Gasteiger partial charge >= 0.3 is 12.1 Å². The average molecular weight is 323 g/mol. The SMILES string of the molecule is O=C(O)c1cnc(NC2(c3ccc(C(F)(F)F)cc3)CC2)nc1. The molecule has 2 aromatic rings. The summed E-state index contributed by atoms with van der Waals surface area (Å²) in [5, 5.41) is 11.9. The second-order valence-electron chi connectivity index (χ2n) is 5.38. The monoisotopic (exact) mass is 323 g/mol. The van der Waals surface area contributed by atoms with Crippen molar-refractivity contribution in [1.82, 2.24) is 9.97 Å². The van der Waals surface area contributed by atoms with Crippen LogP contribution in [0.1, 0.15) is 34.3 Å². The van der Waals surface area contributed by atoms with Crippen molar-refractivity contribution in [2.45, 2.75) is 24.6 Å². The van der Waals surface area contributed by atoms with Crippen LogP contribution in [0.5, 0.6) is 0 Å². The minimum atomic E-state index is -4.36. The number of nitrogens with one attached hydrogen (secondary N) is 1. The van der Waals surface area contributed by atoms with Gasteiger partial charge in [0.25, 0.3) is 0 Å². The number of carboxylic acids is 1. The molecule has 0 saturated heterocycles. The number of carbonyl (C=O) groups is 1. The number of benzene rings is 1. The highest BCUT2D eigenvalue weighted by atomic mass is 19.4. The fourth-order valence-electron chi connectivity index (χ4n) is 2.31. The van der Waals surface area contributed by atoms with Crippen LogP contribution in [0.25, 0.3) is 0 Å². The van der Waals surface area contributed by atoms with Gasteiger partial charge in [0.2, 0.25) is 5.95 Å². The summed E-state index contributed by atoms with van der Waals surface area (Å²) in [6.07, 6.45) is -0.524. The van der Waals surface area contributed by atoms with Gasteiger partial charge in [0.1, 0.15) is 0 Å². The normalized spacial score (nSPS) is 16.0. The quantitative estimate of drug-likeness (QED) is 0.903. The fraction of sp³-hybridized carbons (Fsp3) is 0.267. The van der Waals surface area contributed by atoms with Crippen LogP contribution >= 0.6 is 0 Å². The van der Waals surface area contributed by atoms with E-state index in [1.807, 2.05) is 0 Å². The first kappa shape index (κ1) is 15.3. The zero-order valence-corrected chi connectivity index (χ0v) is 11.8. The van der Waals surface area contributed by atoms with Crippen LogP contribution in [-0.4, -0.2) is 21.0 Å². The van der Waals surface area contributed by atoms with E-state index in [-0.39, 0.29) is 11.5 Å². The number of aromatic nitrogens is 2. The standard InChI is InChI=1S/C15H12F3N3O2/c16-15(17,18)11-3-1-10(2-4-11)14(5-6-14)21-13-19-7-9(8-20-13)12(22)23/h1-4,7-8H,5-6H2,(H,22,23)(H,19,20,21). The number of nitrogens with zero attached hydrogens (tertiary/aromatic N) is 2. The Morgan fingerprint density at radius 1 is 1.13 bits per heavy atom. The number of halogens is 3. The van der Waals surface area contributed by atoms with Gasteiger partial charge in [-0.25, -0.2) is 14.8 Å². The molecule has 0 unspecified atom stereocenters. The summed E-state index contributed by atoms with van der Waals surface area (Å²) < 4.78 is 37.8. The molecule has 0 radical (unpaired) electrons. The molecule has 0 aliphatic heterocycles. The van der Waals surface area contributed by atoms with E-state index in [4.69, 9.17) is 5.11 Å². The second kappa shape index (κ2) is 5.22. The minimum Gasteiger partial charge on any atom is -0.478 e. The van der Waals surface area contributed by atoms with E-state index in [0.29, 0.717) is 0 Å². The third kappa shape index (κ3) is 3.10.